The average molecular weight is 197 g/mol. The summed E-state index contributed by atoms with van der Waals surface area (Å²) in [4.78, 5) is 0. The first-order chi connectivity index (χ1) is 6.61. The SMILES string of the molecule is CC(C)C(C)NCC1CCCCC1C. The normalized spacial score (nSPS) is 30.6. The van der Waals surface area contributed by atoms with Crippen LogP contribution in [0.2, 0.25) is 0 Å². The summed E-state index contributed by atoms with van der Waals surface area (Å²) in [5.74, 6) is 2.63. The van der Waals surface area contributed by atoms with E-state index in [9.17, 15) is 0 Å². The summed E-state index contributed by atoms with van der Waals surface area (Å²) in [6.45, 7) is 10.5. The van der Waals surface area contributed by atoms with E-state index in [-0.39, 0.29) is 0 Å². The molecule has 0 spiro atoms. The molecule has 14 heavy (non-hydrogen) atoms. The zero-order valence-electron chi connectivity index (χ0n) is 10.3. The van der Waals surface area contributed by atoms with Gasteiger partial charge in [-0.2, -0.15) is 0 Å². The van der Waals surface area contributed by atoms with Gasteiger partial charge in [-0.05, 0) is 37.6 Å². The van der Waals surface area contributed by atoms with Crippen LogP contribution >= 0.6 is 0 Å². The fourth-order valence-electron chi connectivity index (χ4n) is 2.27. The molecule has 0 bridgehead atoms. The van der Waals surface area contributed by atoms with E-state index in [0.717, 1.165) is 17.8 Å². The predicted molar refractivity (Wildman–Crippen MR) is 63.4 cm³/mol. The fraction of sp³-hybridized carbons (Fsp3) is 1.00. The Hall–Kier alpha value is -0.0400. The first-order valence-corrected chi connectivity index (χ1v) is 6.34. The van der Waals surface area contributed by atoms with Gasteiger partial charge in [0.05, 0.1) is 0 Å². The summed E-state index contributed by atoms with van der Waals surface area (Å²) in [5, 5.41) is 3.68. The van der Waals surface area contributed by atoms with Gasteiger partial charge in [0.1, 0.15) is 0 Å². The maximum atomic E-state index is 3.68. The zero-order valence-corrected chi connectivity index (χ0v) is 10.3. The Labute approximate surface area is 89.7 Å². The van der Waals surface area contributed by atoms with Gasteiger partial charge in [-0.25, -0.2) is 0 Å². The Morgan fingerprint density at radius 3 is 2.36 bits per heavy atom. The summed E-state index contributed by atoms with van der Waals surface area (Å²) >= 11 is 0. The molecular weight excluding hydrogens is 170 g/mol. The van der Waals surface area contributed by atoms with E-state index in [1.54, 1.807) is 0 Å². The predicted octanol–water partition coefficient (Wildman–Crippen LogP) is 3.45. The smallest absolute Gasteiger partial charge is 0.00618 e. The second-order valence-electron chi connectivity index (χ2n) is 5.46. The molecule has 0 radical (unpaired) electrons. The first-order valence-electron chi connectivity index (χ1n) is 6.34. The van der Waals surface area contributed by atoms with Gasteiger partial charge in [-0.3, -0.25) is 0 Å². The number of hydrogen-bond acceptors (Lipinski definition) is 1. The molecule has 1 N–H and O–H groups in total. The van der Waals surface area contributed by atoms with Gasteiger partial charge in [-0.15, -0.1) is 0 Å². The number of rotatable bonds is 4. The molecule has 1 aliphatic rings. The van der Waals surface area contributed by atoms with Crippen LogP contribution < -0.4 is 5.32 Å². The van der Waals surface area contributed by atoms with Crippen LogP contribution in [0.3, 0.4) is 0 Å². The lowest BCUT2D eigenvalue weighted by molar-refractivity contribution is 0.235. The minimum Gasteiger partial charge on any atom is -0.314 e. The molecule has 0 aromatic rings. The van der Waals surface area contributed by atoms with E-state index in [0.29, 0.717) is 6.04 Å². The monoisotopic (exact) mass is 197 g/mol. The molecule has 1 nitrogen and oxygen atoms in total. The second-order valence-corrected chi connectivity index (χ2v) is 5.46. The summed E-state index contributed by atoms with van der Waals surface area (Å²) < 4.78 is 0. The zero-order chi connectivity index (χ0) is 10.6. The van der Waals surface area contributed by atoms with Crippen LogP contribution in [0.25, 0.3) is 0 Å². The highest BCUT2D eigenvalue weighted by atomic mass is 14.9. The third-order valence-electron chi connectivity index (χ3n) is 3.99. The standard InChI is InChI=1S/C13H27N/c1-10(2)12(4)14-9-13-8-6-5-7-11(13)3/h10-14H,5-9H2,1-4H3. The topological polar surface area (TPSA) is 12.0 Å². The van der Waals surface area contributed by atoms with Gasteiger partial charge in [0.15, 0.2) is 0 Å². The van der Waals surface area contributed by atoms with Gasteiger partial charge >= 0.3 is 0 Å². The van der Waals surface area contributed by atoms with E-state index >= 15 is 0 Å². The Kier molecular flexibility index (Phi) is 4.94. The summed E-state index contributed by atoms with van der Waals surface area (Å²) in [7, 11) is 0. The van der Waals surface area contributed by atoms with E-state index in [1.807, 2.05) is 0 Å². The van der Waals surface area contributed by atoms with Gasteiger partial charge < -0.3 is 5.32 Å². The lowest BCUT2D eigenvalue weighted by atomic mass is 9.80. The van der Waals surface area contributed by atoms with Gasteiger partial charge in [0.25, 0.3) is 0 Å². The highest BCUT2D eigenvalue weighted by molar-refractivity contribution is 4.76. The molecule has 0 aromatic carbocycles. The maximum Gasteiger partial charge on any atom is 0.00618 e. The lowest BCUT2D eigenvalue weighted by Crippen LogP contribution is -2.37. The van der Waals surface area contributed by atoms with Crippen LogP contribution in [0.4, 0.5) is 0 Å². The van der Waals surface area contributed by atoms with E-state index in [4.69, 9.17) is 0 Å². The average Bonchev–Trinajstić information content (AvgIpc) is 2.16. The van der Waals surface area contributed by atoms with Crippen molar-refractivity contribution < 1.29 is 0 Å². The summed E-state index contributed by atoms with van der Waals surface area (Å²) in [6, 6.07) is 0.670. The van der Waals surface area contributed by atoms with Crippen LogP contribution in [0.5, 0.6) is 0 Å². The Morgan fingerprint density at radius 1 is 1.14 bits per heavy atom. The minimum absolute atomic E-state index is 0.670. The summed E-state index contributed by atoms with van der Waals surface area (Å²) in [5.41, 5.74) is 0. The number of nitrogens with one attached hydrogen (secondary N) is 1. The van der Waals surface area contributed by atoms with Crippen molar-refractivity contribution in [3.05, 3.63) is 0 Å². The molecule has 1 fully saturated rings. The van der Waals surface area contributed by atoms with Gasteiger partial charge in [-0.1, -0.05) is 40.0 Å². The van der Waals surface area contributed by atoms with Crippen LogP contribution in [-0.2, 0) is 0 Å². The summed E-state index contributed by atoms with van der Waals surface area (Å²) in [6.07, 6.45) is 5.80. The van der Waals surface area contributed by atoms with E-state index in [2.05, 4.69) is 33.0 Å². The van der Waals surface area contributed by atoms with Crippen molar-refractivity contribution >= 4 is 0 Å². The van der Waals surface area contributed by atoms with Crippen molar-refractivity contribution in [2.45, 2.75) is 59.4 Å². The molecule has 3 atom stereocenters. The largest absolute Gasteiger partial charge is 0.314 e. The van der Waals surface area contributed by atoms with Crippen molar-refractivity contribution in [1.29, 1.82) is 0 Å². The third kappa shape index (κ3) is 3.61. The van der Waals surface area contributed by atoms with Crippen LogP contribution in [0, 0.1) is 17.8 Å². The van der Waals surface area contributed by atoms with Crippen LogP contribution in [-0.4, -0.2) is 12.6 Å². The molecule has 3 unspecified atom stereocenters. The third-order valence-corrected chi connectivity index (χ3v) is 3.99. The lowest BCUT2D eigenvalue weighted by Gasteiger charge is -2.30. The van der Waals surface area contributed by atoms with Crippen molar-refractivity contribution in [2.75, 3.05) is 6.54 Å². The molecular formula is C13H27N. The van der Waals surface area contributed by atoms with Crippen molar-refractivity contribution in [3.8, 4) is 0 Å². The van der Waals surface area contributed by atoms with E-state index < -0.39 is 0 Å². The highest BCUT2D eigenvalue weighted by Crippen LogP contribution is 2.28. The molecule has 0 aromatic heterocycles. The van der Waals surface area contributed by atoms with Crippen molar-refractivity contribution in [3.63, 3.8) is 0 Å². The highest BCUT2D eigenvalue weighted by Gasteiger charge is 2.21. The fourth-order valence-corrected chi connectivity index (χ4v) is 2.27. The van der Waals surface area contributed by atoms with Gasteiger partial charge in [0, 0.05) is 6.04 Å². The van der Waals surface area contributed by atoms with Gasteiger partial charge in [0.2, 0.25) is 0 Å². The van der Waals surface area contributed by atoms with Crippen LogP contribution in [0.1, 0.15) is 53.4 Å². The quantitative estimate of drug-likeness (QED) is 0.728. The molecule has 1 rings (SSSR count). The molecule has 0 heterocycles. The molecule has 0 amide bonds. The van der Waals surface area contributed by atoms with Crippen LogP contribution in [0.15, 0.2) is 0 Å². The Balaban J connectivity index is 2.22. The molecule has 1 aliphatic carbocycles. The second kappa shape index (κ2) is 5.75. The molecule has 0 saturated heterocycles. The van der Waals surface area contributed by atoms with Crippen molar-refractivity contribution in [2.24, 2.45) is 17.8 Å². The molecule has 0 aliphatic heterocycles. The van der Waals surface area contributed by atoms with E-state index in [1.165, 1.54) is 32.2 Å². The maximum absolute atomic E-state index is 3.68. The minimum atomic E-state index is 0.670. The first kappa shape index (κ1) is 12.0. The Morgan fingerprint density at radius 2 is 1.79 bits per heavy atom. The molecule has 84 valence electrons. The molecule has 1 heteroatoms. The number of hydrogen-bond donors (Lipinski definition) is 1. The Bertz CT molecular complexity index is 153. The molecule has 1 saturated carbocycles. The van der Waals surface area contributed by atoms with Crippen molar-refractivity contribution in [1.82, 2.24) is 5.32 Å².